The highest BCUT2D eigenvalue weighted by atomic mass is 35.5. The third-order valence-electron chi connectivity index (χ3n) is 2.94. The number of hydrogen-bond acceptors (Lipinski definition) is 1. The van der Waals surface area contributed by atoms with Gasteiger partial charge in [-0.3, -0.25) is 0 Å². The van der Waals surface area contributed by atoms with Crippen molar-refractivity contribution in [1.29, 1.82) is 0 Å². The lowest BCUT2D eigenvalue weighted by Crippen LogP contribution is -1.95. The Morgan fingerprint density at radius 1 is 1.22 bits per heavy atom. The van der Waals surface area contributed by atoms with Gasteiger partial charge < -0.3 is 5.32 Å². The van der Waals surface area contributed by atoms with E-state index in [1.54, 1.807) is 13.0 Å². The Morgan fingerprint density at radius 3 is 2.72 bits per heavy atom. The van der Waals surface area contributed by atoms with Crippen LogP contribution in [0.5, 0.6) is 0 Å². The molecule has 94 valence electrons. The molecule has 0 spiro atoms. The number of rotatable bonds is 3. The van der Waals surface area contributed by atoms with Gasteiger partial charge >= 0.3 is 0 Å². The summed E-state index contributed by atoms with van der Waals surface area (Å²) in [7, 11) is 1.87. The minimum atomic E-state index is -0.209. The monoisotopic (exact) mass is 263 g/mol. The zero-order valence-corrected chi connectivity index (χ0v) is 11.2. The second-order valence-corrected chi connectivity index (χ2v) is 4.73. The van der Waals surface area contributed by atoms with E-state index in [1.165, 1.54) is 6.07 Å². The molecule has 0 bridgehead atoms. The van der Waals surface area contributed by atoms with Crippen molar-refractivity contribution in [3.05, 3.63) is 63.9 Å². The zero-order valence-electron chi connectivity index (χ0n) is 10.4. The van der Waals surface area contributed by atoms with Crippen molar-refractivity contribution in [3.63, 3.8) is 0 Å². The van der Waals surface area contributed by atoms with Crippen LogP contribution in [0.25, 0.3) is 0 Å². The SMILES string of the molecule is CNc1cccc(Cc2cc(F)c(C)cc2Cl)c1. The van der Waals surface area contributed by atoms with Crippen molar-refractivity contribution in [2.75, 3.05) is 12.4 Å². The fourth-order valence-electron chi connectivity index (χ4n) is 1.88. The summed E-state index contributed by atoms with van der Waals surface area (Å²) < 4.78 is 13.5. The number of hydrogen-bond donors (Lipinski definition) is 1. The Kier molecular flexibility index (Phi) is 3.87. The third kappa shape index (κ3) is 2.82. The van der Waals surface area contributed by atoms with Crippen molar-refractivity contribution in [3.8, 4) is 0 Å². The molecule has 18 heavy (non-hydrogen) atoms. The molecule has 0 radical (unpaired) electrons. The van der Waals surface area contributed by atoms with Crippen LogP contribution >= 0.6 is 11.6 Å². The van der Waals surface area contributed by atoms with E-state index in [9.17, 15) is 4.39 Å². The van der Waals surface area contributed by atoms with Crippen LogP contribution in [0.15, 0.2) is 36.4 Å². The Hall–Kier alpha value is -1.54. The molecule has 0 aliphatic carbocycles. The maximum Gasteiger partial charge on any atom is 0.126 e. The molecule has 0 fully saturated rings. The van der Waals surface area contributed by atoms with E-state index in [4.69, 9.17) is 11.6 Å². The first kappa shape index (κ1) is 12.9. The maximum atomic E-state index is 13.5. The molecule has 1 nitrogen and oxygen atoms in total. The minimum Gasteiger partial charge on any atom is -0.388 e. The molecule has 2 rings (SSSR count). The Bertz CT molecular complexity index is 566. The molecule has 2 aromatic rings. The van der Waals surface area contributed by atoms with Crippen LogP contribution < -0.4 is 5.32 Å². The van der Waals surface area contributed by atoms with Crippen LogP contribution in [-0.4, -0.2) is 7.05 Å². The predicted octanol–water partition coefficient (Wildman–Crippen LogP) is 4.42. The molecule has 0 atom stereocenters. The van der Waals surface area contributed by atoms with Gasteiger partial charge in [-0.1, -0.05) is 23.7 Å². The molecule has 0 saturated heterocycles. The molecule has 1 N–H and O–H groups in total. The summed E-state index contributed by atoms with van der Waals surface area (Å²) in [6.45, 7) is 1.71. The molecule has 2 aromatic carbocycles. The van der Waals surface area contributed by atoms with Crippen LogP contribution in [0.4, 0.5) is 10.1 Å². The fourth-order valence-corrected chi connectivity index (χ4v) is 2.16. The summed E-state index contributed by atoms with van der Waals surface area (Å²) in [5, 5.41) is 3.70. The van der Waals surface area contributed by atoms with Crippen molar-refractivity contribution in [2.24, 2.45) is 0 Å². The lowest BCUT2D eigenvalue weighted by molar-refractivity contribution is 0.616. The molecule has 3 heteroatoms. The van der Waals surface area contributed by atoms with Gasteiger partial charge in [0.2, 0.25) is 0 Å². The first-order valence-electron chi connectivity index (χ1n) is 5.81. The average Bonchev–Trinajstić information content (AvgIpc) is 2.36. The highest BCUT2D eigenvalue weighted by molar-refractivity contribution is 6.31. The van der Waals surface area contributed by atoms with Crippen LogP contribution in [-0.2, 0) is 6.42 Å². The van der Waals surface area contributed by atoms with E-state index in [0.717, 1.165) is 16.8 Å². The van der Waals surface area contributed by atoms with E-state index in [0.29, 0.717) is 17.0 Å². The Labute approximate surface area is 112 Å². The van der Waals surface area contributed by atoms with Crippen LogP contribution in [0.3, 0.4) is 0 Å². The molecule has 0 unspecified atom stereocenters. The largest absolute Gasteiger partial charge is 0.388 e. The van der Waals surface area contributed by atoms with Gasteiger partial charge in [-0.05, 0) is 54.3 Å². The summed E-state index contributed by atoms with van der Waals surface area (Å²) in [5.41, 5.74) is 3.53. The quantitative estimate of drug-likeness (QED) is 0.864. The fraction of sp³-hybridized carbons (Fsp3) is 0.200. The lowest BCUT2D eigenvalue weighted by atomic mass is 10.0. The second-order valence-electron chi connectivity index (χ2n) is 4.32. The Balaban J connectivity index is 2.30. The standard InChI is InChI=1S/C15H15ClFN/c1-10-6-14(16)12(9-15(10)17)7-11-4-3-5-13(8-11)18-2/h3-6,8-9,18H,7H2,1-2H3. The Morgan fingerprint density at radius 2 is 2.00 bits per heavy atom. The number of aryl methyl sites for hydroxylation is 1. The van der Waals surface area contributed by atoms with Crippen LogP contribution in [0, 0.1) is 12.7 Å². The van der Waals surface area contributed by atoms with E-state index in [2.05, 4.69) is 5.32 Å². The first-order chi connectivity index (χ1) is 8.60. The van der Waals surface area contributed by atoms with Crippen molar-refractivity contribution in [1.82, 2.24) is 0 Å². The molecule has 0 aliphatic heterocycles. The highest BCUT2D eigenvalue weighted by Gasteiger charge is 2.07. The van der Waals surface area contributed by atoms with Crippen molar-refractivity contribution >= 4 is 17.3 Å². The molecule has 0 aromatic heterocycles. The molecule has 0 heterocycles. The van der Waals surface area contributed by atoms with Crippen molar-refractivity contribution < 1.29 is 4.39 Å². The smallest absolute Gasteiger partial charge is 0.126 e. The van der Waals surface area contributed by atoms with Crippen LogP contribution in [0.1, 0.15) is 16.7 Å². The van der Waals surface area contributed by atoms with Gasteiger partial charge in [-0.2, -0.15) is 0 Å². The van der Waals surface area contributed by atoms with Gasteiger partial charge in [-0.15, -0.1) is 0 Å². The topological polar surface area (TPSA) is 12.0 Å². The predicted molar refractivity (Wildman–Crippen MR) is 74.9 cm³/mol. The van der Waals surface area contributed by atoms with E-state index >= 15 is 0 Å². The second kappa shape index (κ2) is 5.40. The van der Waals surface area contributed by atoms with Gasteiger partial charge in [0.25, 0.3) is 0 Å². The van der Waals surface area contributed by atoms with Gasteiger partial charge in [0.15, 0.2) is 0 Å². The zero-order chi connectivity index (χ0) is 13.1. The maximum absolute atomic E-state index is 13.5. The number of nitrogens with one attached hydrogen (secondary N) is 1. The number of benzene rings is 2. The molecular weight excluding hydrogens is 249 g/mol. The molecule has 0 aliphatic rings. The summed E-state index contributed by atoms with van der Waals surface area (Å²) in [5.74, 6) is -0.209. The summed E-state index contributed by atoms with van der Waals surface area (Å²) in [6.07, 6.45) is 0.631. The summed E-state index contributed by atoms with van der Waals surface area (Å²) >= 11 is 6.14. The van der Waals surface area contributed by atoms with Gasteiger partial charge in [0, 0.05) is 17.8 Å². The molecule has 0 saturated carbocycles. The highest BCUT2D eigenvalue weighted by Crippen LogP contribution is 2.24. The van der Waals surface area contributed by atoms with Gasteiger partial charge in [-0.25, -0.2) is 4.39 Å². The summed E-state index contributed by atoms with van der Waals surface area (Å²) in [6, 6.07) is 11.2. The molecule has 0 amide bonds. The van der Waals surface area contributed by atoms with E-state index in [1.807, 2.05) is 31.3 Å². The minimum absolute atomic E-state index is 0.209. The van der Waals surface area contributed by atoms with E-state index in [-0.39, 0.29) is 5.82 Å². The first-order valence-corrected chi connectivity index (χ1v) is 6.19. The normalized spacial score (nSPS) is 10.4. The number of halogens is 2. The molecular formula is C15H15ClFN. The average molecular weight is 264 g/mol. The van der Waals surface area contributed by atoms with Gasteiger partial charge in [0.05, 0.1) is 0 Å². The summed E-state index contributed by atoms with van der Waals surface area (Å²) in [4.78, 5) is 0. The lowest BCUT2D eigenvalue weighted by Gasteiger charge is -2.08. The number of anilines is 1. The van der Waals surface area contributed by atoms with Crippen LogP contribution in [0.2, 0.25) is 5.02 Å². The third-order valence-corrected chi connectivity index (χ3v) is 3.29. The van der Waals surface area contributed by atoms with Crippen molar-refractivity contribution in [2.45, 2.75) is 13.3 Å². The van der Waals surface area contributed by atoms with E-state index < -0.39 is 0 Å². The van der Waals surface area contributed by atoms with Gasteiger partial charge in [0.1, 0.15) is 5.82 Å².